The number of nitrogens with zero attached hydrogens (tertiary/aromatic N) is 4. The molecule has 1 aromatic rings. The average molecular weight is 432 g/mol. The molecule has 1 aromatic carbocycles. The van der Waals surface area contributed by atoms with E-state index in [4.69, 9.17) is 5.53 Å². The van der Waals surface area contributed by atoms with Crippen molar-refractivity contribution in [3.05, 3.63) is 34.7 Å². The standard InChI is InChI=1S/C13H12N4O7S3/c14-16-15-8-1-3-9(4-2-8)25-26-13(12(20)21,7-27(22,23)24)17-10(18)5-6-11(17)19/h1-4H,5-7H2,(H,20,21)(H,22,23,24). The first-order valence-electron chi connectivity index (χ1n) is 7.14. The molecule has 0 aromatic heterocycles. The van der Waals surface area contributed by atoms with E-state index in [1.807, 2.05) is 0 Å². The molecular weight excluding hydrogens is 420 g/mol. The van der Waals surface area contributed by atoms with Crippen molar-refractivity contribution >= 4 is 55.2 Å². The molecule has 2 amide bonds. The van der Waals surface area contributed by atoms with Crippen LogP contribution < -0.4 is 0 Å². The van der Waals surface area contributed by atoms with Gasteiger partial charge in [-0.1, -0.05) is 28.0 Å². The predicted molar refractivity (Wildman–Crippen MR) is 96.6 cm³/mol. The Bertz CT molecular complexity index is 912. The van der Waals surface area contributed by atoms with E-state index in [1.54, 1.807) is 0 Å². The molecular formula is C13H12N4O7S3. The Hall–Kier alpha value is -2.25. The topological polar surface area (TPSA) is 178 Å². The summed E-state index contributed by atoms with van der Waals surface area (Å²) in [6.45, 7) is 0. The van der Waals surface area contributed by atoms with Crippen LogP contribution in [0, 0.1) is 0 Å². The zero-order valence-electron chi connectivity index (χ0n) is 13.4. The lowest BCUT2D eigenvalue weighted by atomic mass is 10.3. The Labute approximate surface area is 160 Å². The van der Waals surface area contributed by atoms with Crippen molar-refractivity contribution in [3.63, 3.8) is 0 Å². The van der Waals surface area contributed by atoms with Crippen LogP contribution in [0.25, 0.3) is 10.4 Å². The van der Waals surface area contributed by atoms with E-state index in [1.165, 1.54) is 24.3 Å². The minimum Gasteiger partial charge on any atom is -0.479 e. The quantitative estimate of drug-likeness (QED) is 0.155. The first-order valence-corrected chi connectivity index (χ1v) is 10.9. The van der Waals surface area contributed by atoms with Gasteiger partial charge in [0.25, 0.3) is 10.1 Å². The first-order chi connectivity index (χ1) is 12.6. The lowest BCUT2D eigenvalue weighted by Crippen LogP contribution is -2.58. The van der Waals surface area contributed by atoms with Crippen molar-refractivity contribution < 1.29 is 32.5 Å². The van der Waals surface area contributed by atoms with Crippen molar-refractivity contribution in [1.82, 2.24) is 4.90 Å². The van der Waals surface area contributed by atoms with Crippen molar-refractivity contribution in [2.24, 2.45) is 5.11 Å². The van der Waals surface area contributed by atoms with E-state index in [-0.39, 0.29) is 12.8 Å². The molecule has 27 heavy (non-hydrogen) atoms. The van der Waals surface area contributed by atoms with Crippen molar-refractivity contribution in [3.8, 4) is 0 Å². The average Bonchev–Trinajstić information content (AvgIpc) is 2.91. The van der Waals surface area contributed by atoms with Gasteiger partial charge in [0, 0.05) is 28.3 Å². The lowest BCUT2D eigenvalue weighted by Gasteiger charge is -2.34. The fraction of sp³-hybridized carbons (Fsp3) is 0.308. The highest BCUT2D eigenvalue weighted by molar-refractivity contribution is 8.77. The normalized spacial score (nSPS) is 16.7. The molecule has 144 valence electrons. The Kier molecular flexibility index (Phi) is 6.38. The largest absolute Gasteiger partial charge is 0.479 e. The van der Waals surface area contributed by atoms with E-state index < -0.39 is 38.5 Å². The van der Waals surface area contributed by atoms with Crippen molar-refractivity contribution in [2.75, 3.05) is 5.75 Å². The molecule has 0 saturated carbocycles. The minimum atomic E-state index is -4.85. The molecule has 1 fully saturated rings. The summed E-state index contributed by atoms with van der Waals surface area (Å²) in [4.78, 5) is 36.9. The van der Waals surface area contributed by atoms with Crippen LogP contribution in [-0.2, 0) is 24.5 Å². The van der Waals surface area contributed by atoms with E-state index in [2.05, 4.69) is 10.0 Å². The Morgan fingerprint density at radius 1 is 1.26 bits per heavy atom. The second kappa shape index (κ2) is 8.19. The number of hydrogen-bond acceptors (Lipinski definition) is 8. The summed E-state index contributed by atoms with van der Waals surface area (Å²) in [5.74, 6) is -4.79. The molecule has 0 radical (unpaired) electrons. The smallest absolute Gasteiger partial charge is 0.342 e. The second-order valence-corrected chi connectivity index (χ2v) is 9.22. The van der Waals surface area contributed by atoms with Crippen LogP contribution in [0.15, 0.2) is 34.3 Å². The zero-order valence-corrected chi connectivity index (χ0v) is 15.8. The number of likely N-dealkylation sites (tertiary alicyclic amines) is 1. The number of imide groups is 1. The molecule has 2 N–H and O–H groups in total. The number of carboxylic acid groups (broad SMARTS) is 1. The van der Waals surface area contributed by atoms with Gasteiger partial charge in [-0.15, -0.1) is 0 Å². The van der Waals surface area contributed by atoms with Gasteiger partial charge >= 0.3 is 5.97 Å². The third-order valence-electron chi connectivity index (χ3n) is 3.40. The molecule has 2 rings (SSSR count). The summed E-state index contributed by atoms with van der Waals surface area (Å²) < 4.78 is 32.1. The maximum Gasteiger partial charge on any atom is 0.342 e. The van der Waals surface area contributed by atoms with Crippen LogP contribution in [0.5, 0.6) is 0 Å². The van der Waals surface area contributed by atoms with Crippen LogP contribution in [0.4, 0.5) is 5.69 Å². The highest BCUT2D eigenvalue weighted by Gasteiger charge is 2.55. The van der Waals surface area contributed by atoms with Crippen LogP contribution >= 0.6 is 21.6 Å². The van der Waals surface area contributed by atoms with Gasteiger partial charge in [-0.25, -0.2) is 4.79 Å². The monoisotopic (exact) mass is 432 g/mol. The molecule has 1 atom stereocenters. The number of azide groups is 1. The molecule has 0 aliphatic carbocycles. The zero-order chi connectivity index (χ0) is 20.2. The second-order valence-electron chi connectivity index (χ2n) is 5.29. The molecule has 0 spiro atoms. The van der Waals surface area contributed by atoms with Gasteiger partial charge in [-0.05, 0) is 28.5 Å². The summed E-state index contributed by atoms with van der Waals surface area (Å²) in [7, 11) is -3.61. The minimum absolute atomic E-state index is 0.245. The lowest BCUT2D eigenvalue weighted by molar-refractivity contribution is -0.155. The number of rotatable bonds is 8. The molecule has 1 heterocycles. The van der Waals surface area contributed by atoms with Gasteiger partial charge in [-0.3, -0.25) is 19.0 Å². The molecule has 1 unspecified atom stereocenters. The van der Waals surface area contributed by atoms with Gasteiger partial charge in [0.05, 0.1) is 0 Å². The molecule has 1 aliphatic heterocycles. The van der Waals surface area contributed by atoms with Gasteiger partial charge in [-0.2, -0.15) is 8.42 Å². The Morgan fingerprint density at radius 2 is 1.81 bits per heavy atom. The fourth-order valence-electron chi connectivity index (χ4n) is 2.28. The van der Waals surface area contributed by atoms with Gasteiger partial charge < -0.3 is 5.11 Å². The van der Waals surface area contributed by atoms with E-state index in [9.17, 15) is 32.5 Å². The number of carbonyl (C=O) groups is 3. The van der Waals surface area contributed by atoms with Crippen molar-refractivity contribution in [1.29, 1.82) is 0 Å². The van der Waals surface area contributed by atoms with Crippen LogP contribution in [0.3, 0.4) is 0 Å². The summed E-state index contributed by atoms with van der Waals surface area (Å²) in [6.07, 6.45) is -0.489. The highest BCUT2D eigenvalue weighted by atomic mass is 33.1. The molecule has 11 nitrogen and oxygen atoms in total. The number of amides is 2. The molecule has 0 bridgehead atoms. The summed E-state index contributed by atoms with van der Waals surface area (Å²) >= 11 is 0. The number of carbonyl (C=O) groups excluding carboxylic acids is 2. The van der Waals surface area contributed by atoms with E-state index in [0.717, 1.165) is 10.8 Å². The number of hydrogen-bond donors (Lipinski definition) is 2. The Balaban J connectivity index is 2.39. The summed E-state index contributed by atoms with van der Waals surface area (Å²) in [6, 6.07) is 5.85. The fourth-order valence-corrected chi connectivity index (χ4v) is 6.41. The number of carboxylic acids is 1. The third kappa shape index (κ3) is 4.93. The maximum absolute atomic E-state index is 12.0. The summed E-state index contributed by atoms with van der Waals surface area (Å²) in [5.41, 5.74) is 8.68. The van der Waals surface area contributed by atoms with E-state index in [0.29, 0.717) is 26.3 Å². The van der Waals surface area contributed by atoms with Gasteiger partial charge in [0.2, 0.25) is 16.7 Å². The highest BCUT2D eigenvalue weighted by Crippen LogP contribution is 2.46. The SMILES string of the molecule is [N-]=[N+]=Nc1ccc(SSC(CS(=O)(=O)O)(C(=O)O)N2C(=O)CCC2=O)cc1. The summed E-state index contributed by atoms with van der Waals surface area (Å²) in [5, 5.41) is 13.0. The maximum atomic E-state index is 12.0. The van der Waals surface area contributed by atoms with Gasteiger partial charge in [0.15, 0.2) is 0 Å². The molecule has 14 heteroatoms. The molecule has 1 saturated heterocycles. The van der Waals surface area contributed by atoms with E-state index >= 15 is 0 Å². The molecule has 1 aliphatic rings. The number of aliphatic carboxylic acids is 1. The van der Waals surface area contributed by atoms with Crippen LogP contribution in [0.1, 0.15) is 12.8 Å². The third-order valence-corrected chi connectivity index (χ3v) is 7.34. The first kappa shape index (κ1) is 21.1. The van der Waals surface area contributed by atoms with Crippen LogP contribution in [0.2, 0.25) is 0 Å². The predicted octanol–water partition coefficient (Wildman–Crippen LogP) is 2.19. The van der Waals surface area contributed by atoms with Crippen LogP contribution in [-0.4, -0.2) is 51.4 Å². The Morgan fingerprint density at radius 3 is 2.26 bits per heavy atom. The van der Waals surface area contributed by atoms with Gasteiger partial charge in [0.1, 0.15) is 5.75 Å². The number of benzene rings is 1. The van der Waals surface area contributed by atoms with Crippen molar-refractivity contribution in [2.45, 2.75) is 22.6 Å².